The van der Waals surface area contributed by atoms with Crippen LogP contribution in [-0.4, -0.2) is 15.3 Å². The van der Waals surface area contributed by atoms with Gasteiger partial charge in [0, 0.05) is 11.3 Å². The molecule has 0 aliphatic rings. The van der Waals surface area contributed by atoms with Crippen molar-refractivity contribution in [2.75, 3.05) is 0 Å². The van der Waals surface area contributed by atoms with Crippen LogP contribution in [0.5, 0.6) is 0 Å². The average Bonchev–Trinajstić information content (AvgIpc) is 3.02. The molecule has 23 heavy (non-hydrogen) atoms. The average molecular weight is 326 g/mol. The Bertz CT molecular complexity index is 797. The molecule has 1 aromatic heterocycles. The van der Waals surface area contributed by atoms with E-state index in [4.69, 9.17) is 9.52 Å². The van der Waals surface area contributed by atoms with Gasteiger partial charge >= 0.3 is 0 Å². The Balaban J connectivity index is 1.69. The van der Waals surface area contributed by atoms with Crippen molar-refractivity contribution in [2.24, 2.45) is 0 Å². The van der Waals surface area contributed by atoms with E-state index in [0.717, 1.165) is 28.0 Å². The normalized spacial score (nSPS) is 10.9. The number of hydrogen-bond donors (Lipinski definition) is 1. The Morgan fingerprint density at radius 2 is 1.74 bits per heavy atom. The van der Waals surface area contributed by atoms with Crippen LogP contribution in [-0.2, 0) is 12.4 Å². The van der Waals surface area contributed by atoms with E-state index in [1.54, 1.807) is 0 Å². The molecule has 1 N–H and O–H groups in total. The van der Waals surface area contributed by atoms with Crippen LogP contribution in [0.25, 0.3) is 11.5 Å². The Morgan fingerprint density at radius 1 is 1.00 bits per heavy atom. The molecule has 0 aliphatic carbocycles. The standard InChI is InChI=1S/C18H18N2O2S/c1-12-3-8-16(13(2)9-12)17-19-20-18(22-17)23-11-15-6-4-14(10-21)5-7-15/h3-9,21H,10-11H2,1-2H3. The van der Waals surface area contributed by atoms with Crippen LogP contribution in [0, 0.1) is 13.8 Å². The fourth-order valence-electron chi connectivity index (χ4n) is 2.32. The van der Waals surface area contributed by atoms with Crippen LogP contribution in [0.1, 0.15) is 22.3 Å². The number of rotatable bonds is 5. The minimum absolute atomic E-state index is 0.0658. The van der Waals surface area contributed by atoms with Gasteiger partial charge in [-0.15, -0.1) is 10.2 Å². The minimum atomic E-state index is 0.0658. The van der Waals surface area contributed by atoms with Crippen molar-refractivity contribution in [1.82, 2.24) is 10.2 Å². The first-order chi connectivity index (χ1) is 11.2. The monoisotopic (exact) mass is 326 g/mol. The summed E-state index contributed by atoms with van der Waals surface area (Å²) in [6, 6.07) is 14.0. The van der Waals surface area contributed by atoms with Gasteiger partial charge in [0.15, 0.2) is 0 Å². The van der Waals surface area contributed by atoms with Gasteiger partial charge in [-0.05, 0) is 36.6 Å². The van der Waals surface area contributed by atoms with E-state index < -0.39 is 0 Å². The van der Waals surface area contributed by atoms with Crippen molar-refractivity contribution in [2.45, 2.75) is 31.4 Å². The molecule has 3 aromatic rings. The fourth-order valence-corrected chi connectivity index (χ4v) is 3.04. The highest BCUT2D eigenvalue weighted by Gasteiger charge is 2.11. The number of aliphatic hydroxyl groups excluding tert-OH is 1. The van der Waals surface area contributed by atoms with E-state index in [2.05, 4.69) is 23.2 Å². The second kappa shape index (κ2) is 6.98. The summed E-state index contributed by atoms with van der Waals surface area (Å²) in [5.74, 6) is 1.31. The number of aromatic nitrogens is 2. The summed E-state index contributed by atoms with van der Waals surface area (Å²) in [6.45, 7) is 4.17. The van der Waals surface area contributed by atoms with Gasteiger partial charge in [0.1, 0.15) is 0 Å². The van der Waals surface area contributed by atoms with E-state index in [9.17, 15) is 0 Å². The molecule has 0 atom stereocenters. The van der Waals surface area contributed by atoms with E-state index >= 15 is 0 Å². The maximum absolute atomic E-state index is 9.05. The van der Waals surface area contributed by atoms with E-state index in [1.807, 2.05) is 43.3 Å². The molecule has 4 nitrogen and oxygen atoms in total. The molecule has 5 heteroatoms. The molecule has 3 rings (SSSR count). The van der Waals surface area contributed by atoms with Crippen molar-refractivity contribution in [1.29, 1.82) is 0 Å². The topological polar surface area (TPSA) is 59.2 Å². The highest BCUT2D eigenvalue weighted by molar-refractivity contribution is 7.98. The van der Waals surface area contributed by atoms with Crippen LogP contribution in [0.15, 0.2) is 52.1 Å². The van der Waals surface area contributed by atoms with Crippen molar-refractivity contribution in [3.8, 4) is 11.5 Å². The molecule has 2 aromatic carbocycles. The zero-order valence-corrected chi connectivity index (χ0v) is 13.9. The molecule has 0 fully saturated rings. The Morgan fingerprint density at radius 3 is 2.43 bits per heavy atom. The predicted molar refractivity (Wildman–Crippen MR) is 91.1 cm³/mol. The molecule has 0 unspecified atom stereocenters. The lowest BCUT2D eigenvalue weighted by atomic mass is 10.1. The molecule has 0 radical (unpaired) electrons. The van der Waals surface area contributed by atoms with Gasteiger partial charge in [-0.3, -0.25) is 0 Å². The lowest BCUT2D eigenvalue weighted by Gasteiger charge is -2.02. The number of aryl methyl sites for hydroxylation is 2. The molecular formula is C18H18N2O2S. The van der Waals surface area contributed by atoms with Crippen molar-refractivity contribution in [3.63, 3.8) is 0 Å². The summed E-state index contributed by atoms with van der Waals surface area (Å²) in [7, 11) is 0. The molecule has 0 aliphatic heterocycles. The molecule has 118 valence electrons. The maximum atomic E-state index is 9.05. The van der Waals surface area contributed by atoms with Gasteiger partial charge in [0.25, 0.3) is 5.22 Å². The van der Waals surface area contributed by atoms with E-state index in [-0.39, 0.29) is 6.61 Å². The predicted octanol–water partition coefficient (Wildman–Crippen LogP) is 4.14. The summed E-state index contributed by atoms with van der Waals surface area (Å²) in [5.41, 5.74) is 5.38. The van der Waals surface area contributed by atoms with Gasteiger partial charge in [-0.25, -0.2) is 0 Å². The lowest BCUT2D eigenvalue weighted by Crippen LogP contribution is -1.85. The number of hydrogen-bond acceptors (Lipinski definition) is 5. The number of thioether (sulfide) groups is 1. The van der Waals surface area contributed by atoms with Crippen molar-refractivity contribution < 1.29 is 9.52 Å². The summed E-state index contributed by atoms with van der Waals surface area (Å²) in [6.07, 6.45) is 0. The zero-order valence-electron chi connectivity index (χ0n) is 13.1. The lowest BCUT2D eigenvalue weighted by molar-refractivity contribution is 0.282. The summed E-state index contributed by atoms with van der Waals surface area (Å²) in [5, 5.41) is 17.9. The van der Waals surface area contributed by atoms with Gasteiger partial charge in [0.2, 0.25) is 5.89 Å². The van der Waals surface area contributed by atoms with E-state index in [1.165, 1.54) is 17.3 Å². The smallest absolute Gasteiger partial charge is 0.277 e. The molecule has 0 amide bonds. The molecule has 0 bridgehead atoms. The van der Waals surface area contributed by atoms with Gasteiger partial charge in [0.05, 0.1) is 6.61 Å². The molecule has 0 saturated heterocycles. The summed E-state index contributed by atoms with van der Waals surface area (Å²) < 4.78 is 5.76. The largest absolute Gasteiger partial charge is 0.411 e. The number of benzene rings is 2. The third-order valence-electron chi connectivity index (χ3n) is 3.59. The third-order valence-corrected chi connectivity index (χ3v) is 4.48. The first kappa shape index (κ1) is 15.8. The summed E-state index contributed by atoms with van der Waals surface area (Å²) >= 11 is 1.51. The first-order valence-corrected chi connectivity index (χ1v) is 8.37. The van der Waals surface area contributed by atoms with Crippen LogP contribution in [0.4, 0.5) is 0 Å². The minimum Gasteiger partial charge on any atom is -0.411 e. The first-order valence-electron chi connectivity index (χ1n) is 7.38. The van der Waals surface area contributed by atoms with Crippen molar-refractivity contribution in [3.05, 3.63) is 64.7 Å². The Hall–Kier alpha value is -2.11. The molecule has 0 saturated carbocycles. The van der Waals surface area contributed by atoms with Gasteiger partial charge in [-0.2, -0.15) is 0 Å². The van der Waals surface area contributed by atoms with Crippen LogP contribution in [0.3, 0.4) is 0 Å². The second-order valence-electron chi connectivity index (χ2n) is 5.45. The van der Waals surface area contributed by atoms with Gasteiger partial charge < -0.3 is 9.52 Å². The SMILES string of the molecule is Cc1ccc(-c2nnc(SCc3ccc(CO)cc3)o2)c(C)c1. The number of nitrogens with zero attached hydrogens (tertiary/aromatic N) is 2. The highest BCUT2D eigenvalue weighted by atomic mass is 32.2. The van der Waals surface area contributed by atoms with Gasteiger partial charge in [-0.1, -0.05) is 53.7 Å². The fraction of sp³-hybridized carbons (Fsp3) is 0.222. The number of aliphatic hydroxyl groups is 1. The van der Waals surface area contributed by atoms with Crippen LogP contribution < -0.4 is 0 Å². The third kappa shape index (κ3) is 3.81. The molecule has 0 spiro atoms. The quantitative estimate of drug-likeness (QED) is 0.714. The maximum Gasteiger partial charge on any atom is 0.277 e. The highest BCUT2D eigenvalue weighted by Crippen LogP contribution is 2.28. The Kier molecular flexibility index (Phi) is 4.79. The zero-order chi connectivity index (χ0) is 16.2. The van der Waals surface area contributed by atoms with Crippen LogP contribution in [0.2, 0.25) is 0 Å². The second-order valence-corrected chi connectivity index (χ2v) is 6.38. The van der Waals surface area contributed by atoms with Crippen LogP contribution >= 0.6 is 11.8 Å². The van der Waals surface area contributed by atoms with E-state index in [0.29, 0.717) is 11.1 Å². The van der Waals surface area contributed by atoms with Crippen molar-refractivity contribution >= 4 is 11.8 Å². The molecular weight excluding hydrogens is 308 g/mol. The molecule has 1 heterocycles. The Labute approximate surface area is 139 Å². The summed E-state index contributed by atoms with van der Waals surface area (Å²) in [4.78, 5) is 0.